The van der Waals surface area contributed by atoms with Crippen LogP contribution in [0.3, 0.4) is 0 Å². The van der Waals surface area contributed by atoms with E-state index in [4.69, 9.17) is 11.6 Å². The standard InChI is InChI=1S/C14H12ClN3O3S2/c1-8-7-18-13(19)12(9(2)16-14(18)22-8)23(20,21)17-11-6-4-3-5-10(11)15/h3-7,17H,1-2H3. The van der Waals surface area contributed by atoms with Crippen LogP contribution in [0.4, 0.5) is 5.69 Å². The summed E-state index contributed by atoms with van der Waals surface area (Å²) in [6.45, 7) is 3.32. The third-order valence-corrected chi connectivity index (χ3v) is 5.88. The van der Waals surface area contributed by atoms with Crippen molar-refractivity contribution in [3.63, 3.8) is 0 Å². The molecule has 0 saturated carbocycles. The highest BCUT2D eigenvalue weighted by Gasteiger charge is 2.25. The molecule has 6 nitrogen and oxygen atoms in total. The molecule has 2 heterocycles. The van der Waals surface area contributed by atoms with E-state index in [0.29, 0.717) is 4.96 Å². The molecule has 9 heteroatoms. The molecule has 0 aliphatic heterocycles. The van der Waals surface area contributed by atoms with E-state index >= 15 is 0 Å². The SMILES string of the molecule is Cc1cn2c(=O)c(S(=O)(=O)Nc3ccccc3Cl)c(C)nc2s1. The largest absolute Gasteiger partial charge is 0.279 e. The number of aryl methyl sites for hydroxylation is 2. The Morgan fingerprint density at radius 1 is 1.26 bits per heavy atom. The number of aromatic nitrogens is 2. The first kappa shape index (κ1) is 16.0. The van der Waals surface area contributed by atoms with Crippen LogP contribution in [0.2, 0.25) is 5.02 Å². The van der Waals surface area contributed by atoms with E-state index in [1.54, 1.807) is 24.4 Å². The second kappa shape index (κ2) is 5.63. The molecule has 0 aliphatic rings. The zero-order valence-corrected chi connectivity index (χ0v) is 14.6. The molecule has 23 heavy (non-hydrogen) atoms. The van der Waals surface area contributed by atoms with Gasteiger partial charge in [-0.3, -0.25) is 13.9 Å². The van der Waals surface area contributed by atoms with Gasteiger partial charge in [-0.25, -0.2) is 13.4 Å². The van der Waals surface area contributed by atoms with Crippen molar-refractivity contribution in [1.29, 1.82) is 0 Å². The average molecular weight is 370 g/mol. The minimum absolute atomic E-state index is 0.149. The highest BCUT2D eigenvalue weighted by Crippen LogP contribution is 2.24. The third kappa shape index (κ3) is 2.85. The van der Waals surface area contributed by atoms with Crippen LogP contribution in [0.25, 0.3) is 4.96 Å². The fraction of sp³-hybridized carbons (Fsp3) is 0.143. The summed E-state index contributed by atoms with van der Waals surface area (Å²) >= 11 is 7.29. The second-order valence-corrected chi connectivity index (χ2v) is 8.15. The van der Waals surface area contributed by atoms with Crippen molar-refractivity contribution in [2.45, 2.75) is 18.7 Å². The van der Waals surface area contributed by atoms with E-state index in [-0.39, 0.29) is 21.3 Å². The molecule has 0 aliphatic carbocycles. The molecule has 0 unspecified atom stereocenters. The first-order chi connectivity index (χ1) is 10.8. The summed E-state index contributed by atoms with van der Waals surface area (Å²) in [5, 5.41) is 0.245. The van der Waals surface area contributed by atoms with Crippen molar-refractivity contribution in [2.24, 2.45) is 0 Å². The topological polar surface area (TPSA) is 80.5 Å². The van der Waals surface area contributed by atoms with Gasteiger partial charge in [0.15, 0.2) is 9.86 Å². The number of nitrogens with zero attached hydrogens (tertiary/aromatic N) is 2. The molecule has 0 saturated heterocycles. The van der Waals surface area contributed by atoms with Gasteiger partial charge >= 0.3 is 0 Å². The van der Waals surface area contributed by atoms with Gasteiger partial charge in [0.2, 0.25) is 0 Å². The maximum atomic E-state index is 12.6. The van der Waals surface area contributed by atoms with Gasteiger partial charge in [0.05, 0.1) is 16.4 Å². The van der Waals surface area contributed by atoms with Crippen molar-refractivity contribution in [1.82, 2.24) is 9.38 Å². The van der Waals surface area contributed by atoms with Gasteiger partial charge in [-0.2, -0.15) is 0 Å². The maximum Gasteiger partial charge on any atom is 0.279 e. The molecule has 0 radical (unpaired) electrons. The van der Waals surface area contributed by atoms with Gasteiger partial charge in [0.25, 0.3) is 15.6 Å². The molecule has 0 amide bonds. The minimum atomic E-state index is -4.11. The van der Waals surface area contributed by atoms with Crippen molar-refractivity contribution < 1.29 is 8.42 Å². The molecular weight excluding hydrogens is 358 g/mol. The molecule has 0 atom stereocenters. The Kier molecular flexibility index (Phi) is 3.91. The number of fused-ring (bicyclic) bond motifs is 1. The van der Waals surface area contributed by atoms with Crippen LogP contribution >= 0.6 is 22.9 Å². The lowest BCUT2D eigenvalue weighted by Gasteiger charge is -2.10. The molecule has 1 N–H and O–H groups in total. The summed E-state index contributed by atoms with van der Waals surface area (Å²) < 4.78 is 28.8. The van der Waals surface area contributed by atoms with Crippen molar-refractivity contribution in [3.05, 3.63) is 56.4 Å². The molecule has 1 aromatic carbocycles. The average Bonchev–Trinajstić information content (AvgIpc) is 2.81. The number of benzene rings is 1. The smallest absolute Gasteiger partial charge is 0.278 e. The normalized spacial score (nSPS) is 11.8. The zero-order valence-electron chi connectivity index (χ0n) is 12.2. The van der Waals surface area contributed by atoms with Crippen LogP contribution < -0.4 is 10.3 Å². The van der Waals surface area contributed by atoms with Crippen molar-refractivity contribution >= 4 is 43.6 Å². The Morgan fingerprint density at radius 3 is 2.65 bits per heavy atom. The summed E-state index contributed by atoms with van der Waals surface area (Å²) in [5.41, 5.74) is -0.271. The fourth-order valence-corrected chi connectivity index (χ4v) is 4.62. The summed E-state index contributed by atoms with van der Waals surface area (Å²) in [6.07, 6.45) is 1.57. The molecule has 0 fully saturated rings. The molecule has 2 aromatic heterocycles. The highest BCUT2D eigenvalue weighted by atomic mass is 35.5. The number of para-hydroxylation sites is 1. The zero-order chi connectivity index (χ0) is 16.8. The van der Waals surface area contributed by atoms with Crippen LogP contribution in [-0.2, 0) is 10.0 Å². The van der Waals surface area contributed by atoms with Gasteiger partial charge < -0.3 is 0 Å². The Morgan fingerprint density at radius 2 is 1.96 bits per heavy atom. The Bertz CT molecular complexity index is 1070. The lowest BCUT2D eigenvalue weighted by molar-refractivity contribution is 0.598. The highest BCUT2D eigenvalue weighted by molar-refractivity contribution is 7.92. The van der Waals surface area contributed by atoms with E-state index in [2.05, 4.69) is 9.71 Å². The number of hydrogen-bond acceptors (Lipinski definition) is 5. The molecule has 0 bridgehead atoms. The number of rotatable bonds is 3. The first-order valence-corrected chi connectivity index (χ1v) is 9.24. The maximum absolute atomic E-state index is 12.6. The van der Waals surface area contributed by atoms with E-state index in [1.807, 2.05) is 6.92 Å². The van der Waals surface area contributed by atoms with Crippen LogP contribution in [0, 0.1) is 13.8 Å². The molecule has 120 valence electrons. The Labute approximate surface area is 141 Å². The van der Waals surface area contributed by atoms with Crippen molar-refractivity contribution in [3.8, 4) is 0 Å². The summed E-state index contributed by atoms with van der Waals surface area (Å²) in [7, 11) is -4.11. The number of thiazole rings is 1. The summed E-state index contributed by atoms with van der Waals surface area (Å²) in [4.78, 5) is 17.7. The van der Waals surface area contributed by atoms with Gasteiger partial charge in [-0.1, -0.05) is 23.7 Å². The second-order valence-electron chi connectivity index (χ2n) is 4.91. The van der Waals surface area contributed by atoms with Crippen LogP contribution in [0.1, 0.15) is 10.6 Å². The Balaban J connectivity index is 2.19. The van der Waals surface area contributed by atoms with Crippen molar-refractivity contribution in [2.75, 3.05) is 4.72 Å². The molecule has 3 aromatic rings. The quantitative estimate of drug-likeness (QED) is 0.769. The molecule has 3 rings (SSSR count). The Hall–Kier alpha value is -1.90. The van der Waals surface area contributed by atoms with Gasteiger partial charge in [-0.05, 0) is 26.0 Å². The van der Waals surface area contributed by atoms with Gasteiger partial charge in [0, 0.05) is 11.1 Å². The minimum Gasteiger partial charge on any atom is -0.278 e. The van der Waals surface area contributed by atoms with Crippen LogP contribution in [-0.4, -0.2) is 17.8 Å². The number of halogens is 1. The van der Waals surface area contributed by atoms with Gasteiger partial charge in [-0.15, -0.1) is 11.3 Å². The lowest BCUT2D eigenvalue weighted by Crippen LogP contribution is -2.27. The summed E-state index contributed by atoms with van der Waals surface area (Å²) in [5.74, 6) is 0. The van der Waals surface area contributed by atoms with Gasteiger partial charge in [0.1, 0.15) is 0 Å². The third-order valence-electron chi connectivity index (χ3n) is 3.16. The predicted octanol–water partition coefficient (Wildman–Crippen LogP) is 2.83. The monoisotopic (exact) mass is 369 g/mol. The summed E-state index contributed by atoms with van der Waals surface area (Å²) in [6, 6.07) is 6.41. The number of sulfonamides is 1. The van der Waals surface area contributed by atoms with E-state index in [0.717, 1.165) is 4.88 Å². The molecule has 0 spiro atoms. The van der Waals surface area contributed by atoms with Crippen LogP contribution in [0.15, 0.2) is 40.2 Å². The lowest BCUT2D eigenvalue weighted by atomic mass is 10.3. The predicted molar refractivity (Wildman–Crippen MR) is 91.1 cm³/mol. The van der Waals surface area contributed by atoms with E-state index in [9.17, 15) is 13.2 Å². The van der Waals surface area contributed by atoms with E-state index in [1.165, 1.54) is 28.7 Å². The number of hydrogen-bond donors (Lipinski definition) is 1. The van der Waals surface area contributed by atoms with E-state index < -0.39 is 15.6 Å². The first-order valence-electron chi connectivity index (χ1n) is 6.56. The fourth-order valence-electron chi connectivity index (χ4n) is 2.19. The number of nitrogens with one attached hydrogen (secondary N) is 1. The van der Waals surface area contributed by atoms with Crippen LogP contribution in [0.5, 0.6) is 0 Å². The number of anilines is 1. The molecular formula is C14H12ClN3O3S2.